The molecule has 1 amide bonds. The highest BCUT2D eigenvalue weighted by atomic mass is 35.5. The summed E-state index contributed by atoms with van der Waals surface area (Å²) >= 11 is 6.46. The van der Waals surface area contributed by atoms with Crippen LogP contribution >= 0.6 is 11.6 Å². The standard InChI is InChI=1S/C27H22ClN5O/c28-22-11-3-1-10-20(22)24-16-21(19-9-2-4-12-23(19)29-24)27(34)32-14-7-8-18(17-32)26-31-30-25-13-5-6-15-33(25)26/h1-6,9-13,15-16,18H,7-8,14,17H2/t18-/m0/s1. The molecule has 0 radical (unpaired) electrons. The van der Waals surface area contributed by atoms with E-state index in [9.17, 15) is 4.79 Å². The predicted octanol–water partition coefficient (Wildman–Crippen LogP) is 5.62. The van der Waals surface area contributed by atoms with Gasteiger partial charge in [-0.05, 0) is 43.2 Å². The summed E-state index contributed by atoms with van der Waals surface area (Å²) in [5, 5.41) is 10.2. The molecule has 6 rings (SSSR count). The van der Waals surface area contributed by atoms with Gasteiger partial charge >= 0.3 is 0 Å². The van der Waals surface area contributed by atoms with Gasteiger partial charge in [-0.3, -0.25) is 9.20 Å². The van der Waals surface area contributed by atoms with Crippen molar-refractivity contribution in [1.29, 1.82) is 0 Å². The molecule has 5 aromatic rings. The Bertz CT molecular complexity index is 1530. The number of likely N-dealkylation sites (tertiary alicyclic amines) is 1. The van der Waals surface area contributed by atoms with Crippen molar-refractivity contribution < 1.29 is 4.79 Å². The van der Waals surface area contributed by atoms with Crippen LogP contribution in [0.1, 0.15) is 34.9 Å². The Morgan fingerprint density at radius 3 is 2.71 bits per heavy atom. The first kappa shape index (κ1) is 20.8. The average Bonchev–Trinajstić information content (AvgIpc) is 3.32. The number of carbonyl (C=O) groups is 1. The Balaban J connectivity index is 1.38. The largest absolute Gasteiger partial charge is 0.338 e. The zero-order chi connectivity index (χ0) is 23.1. The summed E-state index contributed by atoms with van der Waals surface area (Å²) < 4.78 is 2.02. The smallest absolute Gasteiger partial charge is 0.254 e. The first-order chi connectivity index (χ1) is 16.7. The van der Waals surface area contributed by atoms with E-state index < -0.39 is 0 Å². The van der Waals surface area contributed by atoms with Crippen LogP contribution in [0.3, 0.4) is 0 Å². The number of amides is 1. The maximum absolute atomic E-state index is 13.9. The summed E-state index contributed by atoms with van der Waals surface area (Å²) in [7, 11) is 0. The molecule has 168 valence electrons. The number of hydrogen-bond donors (Lipinski definition) is 0. The quantitative estimate of drug-likeness (QED) is 0.345. The van der Waals surface area contributed by atoms with Gasteiger partial charge < -0.3 is 4.90 Å². The van der Waals surface area contributed by atoms with E-state index in [0.29, 0.717) is 29.4 Å². The predicted molar refractivity (Wildman–Crippen MR) is 133 cm³/mol. The first-order valence-electron chi connectivity index (χ1n) is 11.4. The number of pyridine rings is 2. The topological polar surface area (TPSA) is 63.4 Å². The fraction of sp³-hybridized carbons (Fsp3) is 0.185. The molecule has 4 heterocycles. The van der Waals surface area contributed by atoms with E-state index in [1.165, 1.54) is 0 Å². The van der Waals surface area contributed by atoms with Gasteiger partial charge in [0, 0.05) is 41.2 Å². The molecule has 7 heteroatoms. The lowest BCUT2D eigenvalue weighted by molar-refractivity contribution is 0.0706. The lowest BCUT2D eigenvalue weighted by Gasteiger charge is -2.32. The normalized spacial score (nSPS) is 16.3. The summed E-state index contributed by atoms with van der Waals surface area (Å²) in [4.78, 5) is 20.6. The minimum Gasteiger partial charge on any atom is -0.338 e. The third-order valence-electron chi connectivity index (χ3n) is 6.51. The number of para-hydroxylation sites is 1. The number of hydrogen-bond acceptors (Lipinski definition) is 4. The summed E-state index contributed by atoms with van der Waals surface area (Å²) in [6.07, 6.45) is 3.87. The molecule has 1 fully saturated rings. The monoisotopic (exact) mass is 467 g/mol. The van der Waals surface area contributed by atoms with Crippen LogP contribution in [0, 0.1) is 0 Å². The Hall–Kier alpha value is -3.77. The number of benzene rings is 2. The van der Waals surface area contributed by atoms with Crippen LogP contribution < -0.4 is 0 Å². The van der Waals surface area contributed by atoms with Crippen molar-refractivity contribution in [2.75, 3.05) is 13.1 Å². The van der Waals surface area contributed by atoms with Gasteiger partial charge in [-0.15, -0.1) is 10.2 Å². The fourth-order valence-electron chi connectivity index (χ4n) is 4.84. The van der Waals surface area contributed by atoms with Crippen molar-refractivity contribution in [2.24, 2.45) is 0 Å². The van der Waals surface area contributed by atoms with Crippen LogP contribution in [-0.2, 0) is 0 Å². The van der Waals surface area contributed by atoms with Crippen LogP contribution in [0.5, 0.6) is 0 Å². The van der Waals surface area contributed by atoms with Crippen molar-refractivity contribution in [2.45, 2.75) is 18.8 Å². The third-order valence-corrected chi connectivity index (χ3v) is 6.84. The average molecular weight is 468 g/mol. The number of fused-ring (bicyclic) bond motifs is 2. The highest BCUT2D eigenvalue weighted by Crippen LogP contribution is 2.32. The molecule has 0 saturated carbocycles. The van der Waals surface area contributed by atoms with Crippen LogP contribution in [0.25, 0.3) is 27.8 Å². The lowest BCUT2D eigenvalue weighted by Crippen LogP contribution is -2.39. The van der Waals surface area contributed by atoms with Gasteiger partial charge in [0.1, 0.15) is 5.82 Å². The van der Waals surface area contributed by atoms with Gasteiger partial charge in [0.05, 0.1) is 16.8 Å². The van der Waals surface area contributed by atoms with E-state index in [1.807, 2.05) is 88.3 Å². The third kappa shape index (κ3) is 3.60. The number of rotatable bonds is 3. The fourth-order valence-corrected chi connectivity index (χ4v) is 5.07. The molecular formula is C27H22ClN5O. The van der Waals surface area contributed by atoms with E-state index >= 15 is 0 Å². The minimum atomic E-state index is 0.00502. The minimum absolute atomic E-state index is 0.00502. The summed E-state index contributed by atoms with van der Waals surface area (Å²) in [5.41, 5.74) is 3.76. The van der Waals surface area contributed by atoms with Gasteiger partial charge in [-0.25, -0.2) is 4.98 Å². The van der Waals surface area contributed by atoms with Crippen LogP contribution in [0.2, 0.25) is 5.02 Å². The van der Waals surface area contributed by atoms with Crippen molar-refractivity contribution in [3.8, 4) is 11.3 Å². The van der Waals surface area contributed by atoms with Crippen molar-refractivity contribution >= 4 is 34.1 Å². The summed E-state index contributed by atoms with van der Waals surface area (Å²) in [5.74, 6) is 1.04. The highest BCUT2D eigenvalue weighted by Gasteiger charge is 2.29. The van der Waals surface area contributed by atoms with Crippen molar-refractivity contribution in [1.82, 2.24) is 24.5 Å². The number of piperidine rings is 1. The van der Waals surface area contributed by atoms with Crippen LogP contribution in [0.15, 0.2) is 79.0 Å². The molecule has 2 aromatic carbocycles. The van der Waals surface area contributed by atoms with Gasteiger partial charge in [-0.1, -0.05) is 54.1 Å². The molecule has 0 aliphatic carbocycles. The zero-order valence-electron chi connectivity index (χ0n) is 18.4. The number of aromatic nitrogens is 4. The second-order valence-electron chi connectivity index (χ2n) is 8.63. The molecule has 3 aromatic heterocycles. The van der Waals surface area contributed by atoms with Gasteiger partial charge in [0.25, 0.3) is 5.91 Å². The molecule has 1 atom stereocenters. The molecule has 0 spiro atoms. The summed E-state index contributed by atoms with van der Waals surface area (Å²) in [6.45, 7) is 1.32. The van der Waals surface area contributed by atoms with E-state index in [-0.39, 0.29) is 11.8 Å². The lowest BCUT2D eigenvalue weighted by atomic mass is 9.95. The highest BCUT2D eigenvalue weighted by molar-refractivity contribution is 6.33. The maximum atomic E-state index is 13.9. The summed E-state index contributed by atoms with van der Waals surface area (Å²) in [6, 6.07) is 23.1. The molecule has 1 saturated heterocycles. The van der Waals surface area contributed by atoms with Crippen LogP contribution in [-0.4, -0.2) is 43.5 Å². The molecule has 0 N–H and O–H groups in total. The zero-order valence-corrected chi connectivity index (χ0v) is 19.2. The second kappa shape index (κ2) is 8.54. The second-order valence-corrected chi connectivity index (χ2v) is 9.04. The molecule has 0 unspecified atom stereocenters. The van der Waals surface area contributed by atoms with E-state index in [4.69, 9.17) is 16.6 Å². The van der Waals surface area contributed by atoms with Crippen molar-refractivity contribution in [3.05, 3.63) is 95.4 Å². The van der Waals surface area contributed by atoms with Gasteiger partial charge in [0.2, 0.25) is 0 Å². The molecule has 6 nitrogen and oxygen atoms in total. The molecule has 34 heavy (non-hydrogen) atoms. The first-order valence-corrected chi connectivity index (χ1v) is 11.8. The molecular weight excluding hydrogens is 446 g/mol. The Labute approximate surface area is 201 Å². The molecule has 0 bridgehead atoms. The number of carbonyl (C=O) groups excluding carboxylic acids is 1. The maximum Gasteiger partial charge on any atom is 0.254 e. The van der Waals surface area contributed by atoms with E-state index in [2.05, 4.69) is 10.2 Å². The van der Waals surface area contributed by atoms with Crippen LogP contribution in [0.4, 0.5) is 0 Å². The number of nitrogens with zero attached hydrogens (tertiary/aromatic N) is 5. The Morgan fingerprint density at radius 2 is 1.79 bits per heavy atom. The van der Waals surface area contributed by atoms with E-state index in [1.54, 1.807) is 0 Å². The van der Waals surface area contributed by atoms with E-state index in [0.717, 1.165) is 40.8 Å². The Kier molecular flexibility index (Phi) is 5.23. The van der Waals surface area contributed by atoms with Crippen molar-refractivity contribution in [3.63, 3.8) is 0 Å². The Morgan fingerprint density at radius 1 is 0.971 bits per heavy atom. The number of halogens is 1. The van der Waals surface area contributed by atoms with Gasteiger partial charge in [-0.2, -0.15) is 0 Å². The molecule has 1 aliphatic rings. The van der Waals surface area contributed by atoms with Gasteiger partial charge in [0.15, 0.2) is 5.65 Å². The SMILES string of the molecule is O=C(c1cc(-c2ccccc2Cl)nc2ccccc12)N1CCC[C@H](c2nnc3ccccn23)C1. The molecule has 1 aliphatic heterocycles.